The number of hydrogen-bond donors (Lipinski definition) is 1. The van der Waals surface area contributed by atoms with Crippen molar-refractivity contribution in [3.8, 4) is 11.4 Å². The molecule has 1 saturated carbocycles. The minimum atomic E-state index is -0.196. The standard InChI is InChI=1S/C19H27N5OS/c1-3-24-17(16-9-11-20-12-10-16)22-23-19(24)26-14(2)18(25)21-13-15-7-5-4-6-8-15/h9-12,14-15H,3-8,13H2,1-2H3,(H,21,25)/t14-/m0/s1. The lowest BCUT2D eigenvalue weighted by Crippen LogP contribution is -2.35. The van der Waals surface area contributed by atoms with Gasteiger partial charge in [-0.1, -0.05) is 31.0 Å². The molecule has 7 heteroatoms. The summed E-state index contributed by atoms with van der Waals surface area (Å²) in [6.07, 6.45) is 9.90. The van der Waals surface area contributed by atoms with Gasteiger partial charge in [0.2, 0.25) is 5.91 Å². The van der Waals surface area contributed by atoms with Crippen molar-refractivity contribution >= 4 is 17.7 Å². The first-order chi connectivity index (χ1) is 12.7. The number of carbonyl (C=O) groups excluding carboxylic acids is 1. The van der Waals surface area contributed by atoms with Crippen LogP contribution >= 0.6 is 11.8 Å². The van der Waals surface area contributed by atoms with Crippen LogP contribution < -0.4 is 5.32 Å². The lowest BCUT2D eigenvalue weighted by Gasteiger charge is -2.22. The Balaban J connectivity index is 1.60. The summed E-state index contributed by atoms with van der Waals surface area (Å²) in [5, 5.41) is 12.3. The highest BCUT2D eigenvalue weighted by Crippen LogP contribution is 2.27. The quantitative estimate of drug-likeness (QED) is 0.752. The monoisotopic (exact) mass is 373 g/mol. The normalized spacial score (nSPS) is 16.4. The van der Waals surface area contributed by atoms with Gasteiger partial charge in [0.15, 0.2) is 11.0 Å². The first kappa shape index (κ1) is 18.9. The molecule has 0 unspecified atom stereocenters. The number of nitrogens with one attached hydrogen (secondary N) is 1. The fourth-order valence-corrected chi connectivity index (χ4v) is 4.30. The van der Waals surface area contributed by atoms with Gasteiger partial charge in [0.25, 0.3) is 0 Å². The van der Waals surface area contributed by atoms with Gasteiger partial charge in [0.1, 0.15) is 0 Å². The van der Waals surface area contributed by atoms with Gasteiger partial charge >= 0.3 is 0 Å². The Morgan fingerprint density at radius 2 is 2.00 bits per heavy atom. The van der Waals surface area contributed by atoms with Gasteiger partial charge < -0.3 is 9.88 Å². The molecule has 0 aromatic carbocycles. The average molecular weight is 374 g/mol. The van der Waals surface area contributed by atoms with Crippen molar-refractivity contribution < 1.29 is 4.79 Å². The summed E-state index contributed by atoms with van der Waals surface area (Å²) in [6.45, 7) is 5.55. The van der Waals surface area contributed by atoms with Gasteiger partial charge in [-0.25, -0.2) is 0 Å². The van der Waals surface area contributed by atoms with E-state index in [0.29, 0.717) is 5.92 Å². The molecule has 26 heavy (non-hydrogen) atoms. The molecule has 0 aliphatic heterocycles. The fraction of sp³-hybridized carbons (Fsp3) is 0.579. The van der Waals surface area contributed by atoms with Crippen molar-refractivity contribution in [2.24, 2.45) is 5.92 Å². The van der Waals surface area contributed by atoms with Crippen LogP contribution in [0.4, 0.5) is 0 Å². The van der Waals surface area contributed by atoms with E-state index < -0.39 is 0 Å². The van der Waals surface area contributed by atoms with E-state index in [4.69, 9.17) is 0 Å². The van der Waals surface area contributed by atoms with Crippen LogP contribution in [-0.2, 0) is 11.3 Å². The van der Waals surface area contributed by atoms with E-state index in [1.165, 1.54) is 43.9 Å². The Morgan fingerprint density at radius 1 is 1.27 bits per heavy atom. The molecular formula is C19H27N5OS. The molecular weight excluding hydrogens is 346 g/mol. The third kappa shape index (κ3) is 4.63. The highest BCUT2D eigenvalue weighted by atomic mass is 32.2. The van der Waals surface area contributed by atoms with Crippen LogP contribution in [0.25, 0.3) is 11.4 Å². The molecule has 2 aromatic rings. The molecule has 3 rings (SSSR count). The van der Waals surface area contributed by atoms with E-state index in [0.717, 1.165) is 29.6 Å². The highest BCUT2D eigenvalue weighted by Gasteiger charge is 2.21. The van der Waals surface area contributed by atoms with Crippen molar-refractivity contribution in [3.63, 3.8) is 0 Å². The van der Waals surface area contributed by atoms with E-state index in [9.17, 15) is 4.79 Å². The molecule has 2 heterocycles. The van der Waals surface area contributed by atoms with Crippen LogP contribution in [0.15, 0.2) is 29.7 Å². The predicted octanol–water partition coefficient (Wildman–Crippen LogP) is 3.54. The summed E-state index contributed by atoms with van der Waals surface area (Å²) < 4.78 is 2.05. The van der Waals surface area contributed by atoms with Crippen LogP contribution in [0, 0.1) is 5.92 Å². The van der Waals surface area contributed by atoms with Crippen molar-refractivity contribution in [2.45, 2.75) is 62.9 Å². The Hall–Kier alpha value is -1.89. The summed E-state index contributed by atoms with van der Waals surface area (Å²) in [5.41, 5.74) is 0.982. The van der Waals surface area contributed by atoms with E-state index >= 15 is 0 Å². The van der Waals surface area contributed by atoms with E-state index in [2.05, 4.69) is 27.4 Å². The number of hydrogen-bond acceptors (Lipinski definition) is 5. The molecule has 1 atom stereocenters. The molecule has 140 valence electrons. The molecule has 0 radical (unpaired) electrons. The summed E-state index contributed by atoms with van der Waals surface area (Å²) in [4.78, 5) is 16.5. The molecule has 6 nitrogen and oxygen atoms in total. The number of aromatic nitrogens is 4. The zero-order valence-electron chi connectivity index (χ0n) is 15.5. The van der Waals surface area contributed by atoms with Crippen LogP contribution in [0.3, 0.4) is 0 Å². The average Bonchev–Trinajstić information content (AvgIpc) is 3.10. The molecule has 1 aliphatic carbocycles. The number of amides is 1. The van der Waals surface area contributed by atoms with Crippen molar-refractivity contribution in [2.75, 3.05) is 6.54 Å². The Morgan fingerprint density at radius 3 is 2.69 bits per heavy atom. The van der Waals surface area contributed by atoms with E-state index in [1.54, 1.807) is 12.4 Å². The SMILES string of the molecule is CCn1c(S[C@@H](C)C(=O)NCC2CCCCC2)nnc1-c1ccncc1. The van der Waals surface area contributed by atoms with E-state index in [1.807, 2.05) is 23.6 Å². The number of thioether (sulfide) groups is 1. The van der Waals surface area contributed by atoms with Crippen LogP contribution in [0.5, 0.6) is 0 Å². The maximum Gasteiger partial charge on any atom is 0.233 e. The Bertz CT molecular complexity index is 712. The number of pyridine rings is 1. The molecule has 1 amide bonds. The van der Waals surface area contributed by atoms with Crippen molar-refractivity contribution in [1.82, 2.24) is 25.1 Å². The second-order valence-corrected chi connectivity index (χ2v) is 8.10. The fourth-order valence-electron chi connectivity index (χ4n) is 3.37. The number of rotatable bonds is 7. The minimum absolute atomic E-state index is 0.0803. The predicted molar refractivity (Wildman–Crippen MR) is 104 cm³/mol. The lowest BCUT2D eigenvalue weighted by atomic mass is 9.89. The molecule has 1 aliphatic rings. The van der Waals surface area contributed by atoms with Gasteiger partial charge in [0.05, 0.1) is 5.25 Å². The van der Waals surface area contributed by atoms with Gasteiger partial charge in [-0.3, -0.25) is 9.78 Å². The van der Waals surface area contributed by atoms with Gasteiger partial charge in [0, 0.05) is 31.0 Å². The molecule has 0 spiro atoms. The lowest BCUT2D eigenvalue weighted by molar-refractivity contribution is -0.120. The van der Waals surface area contributed by atoms with Gasteiger partial charge in [-0.15, -0.1) is 10.2 Å². The first-order valence-corrected chi connectivity index (χ1v) is 10.3. The second-order valence-electron chi connectivity index (χ2n) is 6.80. The summed E-state index contributed by atoms with van der Waals surface area (Å²) in [6, 6.07) is 3.84. The Labute approximate surface area is 159 Å². The molecule has 0 saturated heterocycles. The van der Waals surface area contributed by atoms with E-state index in [-0.39, 0.29) is 11.2 Å². The third-order valence-electron chi connectivity index (χ3n) is 4.91. The summed E-state index contributed by atoms with van der Waals surface area (Å²) in [7, 11) is 0. The number of nitrogens with zero attached hydrogens (tertiary/aromatic N) is 4. The minimum Gasteiger partial charge on any atom is -0.355 e. The van der Waals surface area contributed by atoms with Crippen molar-refractivity contribution in [3.05, 3.63) is 24.5 Å². The summed E-state index contributed by atoms with van der Waals surface area (Å²) in [5.74, 6) is 1.53. The zero-order valence-corrected chi connectivity index (χ0v) is 16.3. The highest BCUT2D eigenvalue weighted by molar-refractivity contribution is 8.00. The summed E-state index contributed by atoms with van der Waals surface area (Å²) >= 11 is 1.47. The van der Waals surface area contributed by atoms with Crippen LogP contribution in [0.2, 0.25) is 0 Å². The molecule has 1 N–H and O–H groups in total. The maximum absolute atomic E-state index is 12.5. The molecule has 2 aromatic heterocycles. The van der Waals surface area contributed by atoms with Gasteiger partial charge in [-0.2, -0.15) is 0 Å². The number of carbonyl (C=O) groups is 1. The van der Waals surface area contributed by atoms with Crippen LogP contribution in [-0.4, -0.2) is 37.5 Å². The topological polar surface area (TPSA) is 72.7 Å². The third-order valence-corrected chi connectivity index (χ3v) is 5.99. The molecule has 0 bridgehead atoms. The van der Waals surface area contributed by atoms with Crippen molar-refractivity contribution in [1.29, 1.82) is 0 Å². The second kappa shape index (κ2) is 9.16. The maximum atomic E-state index is 12.5. The molecule has 1 fully saturated rings. The zero-order chi connectivity index (χ0) is 18.4. The smallest absolute Gasteiger partial charge is 0.233 e. The van der Waals surface area contributed by atoms with Crippen LogP contribution in [0.1, 0.15) is 46.0 Å². The first-order valence-electron chi connectivity index (χ1n) is 9.47. The largest absolute Gasteiger partial charge is 0.355 e. The van der Waals surface area contributed by atoms with Gasteiger partial charge in [-0.05, 0) is 44.7 Å². The Kier molecular flexibility index (Phi) is 6.66.